The van der Waals surface area contributed by atoms with Crippen LogP contribution in [-0.2, 0) is 13.6 Å². The minimum Gasteiger partial charge on any atom is -0.340 e. The smallest absolute Gasteiger partial charge is 0.274 e. The van der Waals surface area contributed by atoms with E-state index in [4.69, 9.17) is 0 Å². The van der Waals surface area contributed by atoms with Crippen molar-refractivity contribution in [1.29, 1.82) is 0 Å². The highest BCUT2D eigenvalue weighted by Crippen LogP contribution is 2.46. The van der Waals surface area contributed by atoms with Gasteiger partial charge in [0.2, 0.25) is 5.95 Å². The van der Waals surface area contributed by atoms with Gasteiger partial charge in [-0.1, -0.05) is 30.3 Å². The number of anilines is 1. The van der Waals surface area contributed by atoms with Gasteiger partial charge in [-0.2, -0.15) is 15.2 Å². The molecule has 5 rings (SSSR count). The fraction of sp³-hybridized carbons (Fsp3) is 0.455. The standard InChI is InChI=1S/C22H27N7O/c1-4-28-11-10-19(25-28)21(30)29-13-17-12-27(22-23-15(2)24-26(22)3)14-18(17)20(29)16-8-6-5-7-9-16/h5-11,17-18,20H,4,12-14H2,1-3H3/t17-,18-,20+/m0/s1. The molecule has 0 spiro atoms. The summed E-state index contributed by atoms with van der Waals surface area (Å²) in [6.07, 6.45) is 1.87. The summed E-state index contributed by atoms with van der Waals surface area (Å²) in [4.78, 5) is 22.4. The summed E-state index contributed by atoms with van der Waals surface area (Å²) in [5.74, 6) is 2.46. The number of aryl methyl sites for hydroxylation is 3. The van der Waals surface area contributed by atoms with Gasteiger partial charge < -0.3 is 9.80 Å². The molecule has 2 aliphatic heterocycles. The van der Waals surface area contributed by atoms with Crippen molar-refractivity contribution >= 4 is 11.9 Å². The highest BCUT2D eigenvalue weighted by molar-refractivity contribution is 5.92. The predicted molar refractivity (Wildman–Crippen MR) is 113 cm³/mol. The van der Waals surface area contributed by atoms with Crippen LogP contribution in [0.15, 0.2) is 42.6 Å². The van der Waals surface area contributed by atoms with E-state index in [0.717, 1.165) is 38.0 Å². The minimum absolute atomic E-state index is 0.0199. The summed E-state index contributed by atoms with van der Waals surface area (Å²) in [7, 11) is 1.94. The van der Waals surface area contributed by atoms with Crippen LogP contribution < -0.4 is 4.90 Å². The number of likely N-dealkylation sites (tertiary alicyclic amines) is 1. The van der Waals surface area contributed by atoms with Crippen molar-refractivity contribution in [3.05, 3.63) is 59.7 Å². The Kier molecular flexibility index (Phi) is 4.56. The van der Waals surface area contributed by atoms with Gasteiger partial charge in [0, 0.05) is 51.3 Å². The topological polar surface area (TPSA) is 72.1 Å². The summed E-state index contributed by atoms with van der Waals surface area (Å²) in [5, 5.41) is 8.87. The molecule has 3 atom stereocenters. The third kappa shape index (κ3) is 3.07. The average molecular weight is 406 g/mol. The average Bonchev–Trinajstić information content (AvgIpc) is 3.50. The van der Waals surface area contributed by atoms with E-state index < -0.39 is 0 Å². The number of carbonyl (C=O) groups excluding carboxylic acids is 1. The van der Waals surface area contributed by atoms with E-state index in [9.17, 15) is 4.79 Å². The molecule has 0 N–H and O–H groups in total. The zero-order valence-electron chi connectivity index (χ0n) is 17.6. The maximum Gasteiger partial charge on any atom is 0.274 e. The van der Waals surface area contributed by atoms with E-state index in [1.807, 2.05) is 48.8 Å². The Morgan fingerprint density at radius 1 is 1.10 bits per heavy atom. The first-order valence-corrected chi connectivity index (χ1v) is 10.6. The molecule has 2 aromatic heterocycles. The van der Waals surface area contributed by atoms with Crippen molar-refractivity contribution in [2.75, 3.05) is 24.5 Å². The lowest BCUT2D eigenvalue weighted by atomic mass is 9.89. The normalized spacial score (nSPS) is 23.2. The Bertz CT molecular complexity index is 1060. The maximum atomic E-state index is 13.4. The van der Waals surface area contributed by atoms with Gasteiger partial charge in [0.1, 0.15) is 11.5 Å². The quantitative estimate of drug-likeness (QED) is 0.666. The molecule has 2 saturated heterocycles. The van der Waals surface area contributed by atoms with Gasteiger partial charge >= 0.3 is 0 Å². The second kappa shape index (κ2) is 7.27. The Balaban J connectivity index is 1.46. The summed E-state index contributed by atoms with van der Waals surface area (Å²) in [5.41, 5.74) is 1.71. The number of amides is 1. The van der Waals surface area contributed by atoms with Gasteiger partial charge in [0.05, 0.1) is 6.04 Å². The van der Waals surface area contributed by atoms with Gasteiger partial charge in [-0.3, -0.25) is 9.48 Å². The van der Waals surface area contributed by atoms with Crippen molar-refractivity contribution in [2.24, 2.45) is 18.9 Å². The number of hydrogen-bond acceptors (Lipinski definition) is 5. The van der Waals surface area contributed by atoms with Crippen LogP contribution >= 0.6 is 0 Å². The summed E-state index contributed by atoms with van der Waals surface area (Å²) >= 11 is 0. The maximum absolute atomic E-state index is 13.4. The Labute approximate surface area is 176 Å². The van der Waals surface area contributed by atoms with Crippen LogP contribution in [0.25, 0.3) is 0 Å². The van der Waals surface area contributed by atoms with Crippen molar-refractivity contribution in [1.82, 2.24) is 29.4 Å². The van der Waals surface area contributed by atoms with Gasteiger partial charge in [-0.25, -0.2) is 4.68 Å². The summed E-state index contributed by atoms with van der Waals surface area (Å²) in [6.45, 7) is 7.18. The molecular weight excluding hydrogens is 378 g/mol. The molecule has 1 amide bonds. The minimum atomic E-state index is 0.0199. The molecule has 2 fully saturated rings. The number of rotatable bonds is 4. The van der Waals surface area contributed by atoms with Crippen LogP contribution in [0.4, 0.5) is 5.95 Å². The van der Waals surface area contributed by atoms with E-state index in [2.05, 4.69) is 44.3 Å². The first-order valence-electron chi connectivity index (χ1n) is 10.6. The second-order valence-electron chi connectivity index (χ2n) is 8.28. The van der Waals surface area contributed by atoms with Crippen molar-refractivity contribution in [3.63, 3.8) is 0 Å². The van der Waals surface area contributed by atoms with E-state index in [0.29, 0.717) is 17.5 Å². The first-order chi connectivity index (χ1) is 14.5. The number of hydrogen-bond donors (Lipinski definition) is 0. The second-order valence-corrected chi connectivity index (χ2v) is 8.28. The third-order valence-corrected chi connectivity index (χ3v) is 6.38. The van der Waals surface area contributed by atoms with Gasteiger partial charge in [-0.05, 0) is 25.5 Å². The molecule has 30 heavy (non-hydrogen) atoms. The van der Waals surface area contributed by atoms with Gasteiger partial charge in [0.25, 0.3) is 5.91 Å². The Morgan fingerprint density at radius 2 is 1.90 bits per heavy atom. The largest absolute Gasteiger partial charge is 0.340 e. The molecule has 2 aliphatic rings. The van der Waals surface area contributed by atoms with Gasteiger partial charge in [-0.15, -0.1) is 0 Å². The predicted octanol–water partition coefficient (Wildman–Crippen LogP) is 2.29. The van der Waals surface area contributed by atoms with Crippen LogP contribution in [0.5, 0.6) is 0 Å². The molecular formula is C22H27N7O. The third-order valence-electron chi connectivity index (χ3n) is 6.38. The van der Waals surface area contributed by atoms with E-state index in [1.165, 1.54) is 5.56 Å². The molecule has 0 radical (unpaired) electrons. The molecule has 0 aliphatic carbocycles. The van der Waals surface area contributed by atoms with E-state index in [1.54, 1.807) is 4.68 Å². The fourth-order valence-corrected chi connectivity index (χ4v) is 5.07. The van der Waals surface area contributed by atoms with E-state index in [-0.39, 0.29) is 11.9 Å². The molecule has 0 bridgehead atoms. The molecule has 8 nitrogen and oxygen atoms in total. The van der Waals surface area contributed by atoms with Crippen LogP contribution in [0.3, 0.4) is 0 Å². The Hall–Kier alpha value is -3.16. The first kappa shape index (κ1) is 18.8. The number of benzene rings is 1. The van der Waals surface area contributed by atoms with Crippen molar-refractivity contribution < 1.29 is 4.79 Å². The van der Waals surface area contributed by atoms with Crippen LogP contribution in [0, 0.1) is 18.8 Å². The number of aromatic nitrogens is 5. The zero-order valence-corrected chi connectivity index (χ0v) is 17.6. The molecule has 4 heterocycles. The highest BCUT2D eigenvalue weighted by atomic mass is 16.2. The molecule has 3 aromatic rings. The molecule has 0 unspecified atom stereocenters. The number of nitrogens with zero attached hydrogens (tertiary/aromatic N) is 7. The van der Waals surface area contributed by atoms with Crippen molar-refractivity contribution in [2.45, 2.75) is 26.4 Å². The van der Waals surface area contributed by atoms with Crippen LogP contribution in [0.2, 0.25) is 0 Å². The molecule has 8 heteroatoms. The van der Waals surface area contributed by atoms with Crippen LogP contribution in [-0.4, -0.2) is 55.0 Å². The highest BCUT2D eigenvalue weighted by Gasteiger charge is 2.50. The lowest BCUT2D eigenvalue weighted by Crippen LogP contribution is -2.36. The fourth-order valence-electron chi connectivity index (χ4n) is 5.07. The lowest BCUT2D eigenvalue weighted by Gasteiger charge is -2.29. The number of carbonyl (C=O) groups is 1. The summed E-state index contributed by atoms with van der Waals surface area (Å²) < 4.78 is 3.66. The zero-order chi connectivity index (χ0) is 20.8. The van der Waals surface area contributed by atoms with E-state index >= 15 is 0 Å². The number of fused-ring (bicyclic) bond motifs is 1. The van der Waals surface area contributed by atoms with Crippen molar-refractivity contribution in [3.8, 4) is 0 Å². The Morgan fingerprint density at radius 3 is 2.57 bits per heavy atom. The van der Waals surface area contributed by atoms with Crippen LogP contribution in [0.1, 0.15) is 34.8 Å². The molecule has 0 saturated carbocycles. The lowest BCUT2D eigenvalue weighted by molar-refractivity contribution is 0.0708. The molecule has 1 aromatic carbocycles. The monoisotopic (exact) mass is 405 g/mol. The SMILES string of the molecule is CCn1ccc(C(=O)N2C[C@@H]3CN(c4nc(C)nn4C)C[C@@H]3[C@H]2c2ccccc2)n1. The summed E-state index contributed by atoms with van der Waals surface area (Å²) in [6, 6.07) is 12.3. The molecule has 156 valence electrons. The van der Waals surface area contributed by atoms with Gasteiger partial charge in [0.15, 0.2) is 0 Å².